The second-order valence-electron chi connectivity index (χ2n) is 5.76. The van der Waals surface area contributed by atoms with Crippen molar-refractivity contribution in [3.63, 3.8) is 0 Å². The number of aliphatic hydroxyl groups is 1. The fourth-order valence-electron chi connectivity index (χ4n) is 2.91. The van der Waals surface area contributed by atoms with Crippen molar-refractivity contribution in [2.75, 3.05) is 13.7 Å². The predicted octanol–water partition coefficient (Wildman–Crippen LogP) is 3.10. The zero-order chi connectivity index (χ0) is 16.2. The highest BCUT2D eigenvalue weighted by molar-refractivity contribution is 7.10. The lowest BCUT2D eigenvalue weighted by molar-refractivity contribution is 0.0915. The quantitative estimate of drug-likeness (QED) is 0.885. The summed E-state index contributed by atoms with van der Waals surface area (Å²) in [6, 6.07) is 7.22. The van der Waals surface area contributed by atoms with Crippen LogP contribution in [0.2, 0.25) is 0 Å². The lowest BCUT2D eigenvalue weighted by atomic mass is 9.95. The van der Waals surface area contributed by atoms with Gasteiger partial charge in [0.2, 0.25) is 0 Å². The van der Waals surface area contributed by atoms with Gasteiger partial charge in [-0.25, -0.2) is 0 Å². The molecule has 1 aliphatic carbocycles. The Morgan fingerprint density at radius 3 is 2.78 bits per heavy atom. The highest BCUT2D eigenvalue weighted by Crippen LogP contribution is 2.30. The molecule has 5 heteroatoms. The molecule has 1 heterocycles. The predicted molar refractivity (Wildman–Crippen MR) is 91.2 cm³/mol. The summed E-state index contributed by atoms with van der Waals surface area (Å²) in [5, 5.41) is 15.0. The van der Waals surface area contributed by atoms with Crippen LogP contribution >= 0.6 is 11.3 Å². The van der Waals surface area contributed by atoms with E-state index in [9.17, 15) is 9.90 Å². The van der Waals surface area contributed by atoms with Gasteiger partial charge in [-0.15, -0.1) is 11.3 Å². The summed E-state index contributed by atoms with van der Waals surface area (Å²) in [5.74, 6) is 0.659. The van der Waals surface area contributed by atoms with E-state index in [1.165, 1.54) is 16.9 Å². The molecular weight excluding hydrogens is 310 g/mol. The highest BCUT2D eigenvalue weighted by Gasteiger charge is 2.20. The number of thiophene rings is 1. The van der Waals surface area contributed by atoms with E-state index < -0.39 is 6.10 Å². The van der Waals surface area contributed by atoms with Crippen molar-refractivity contribution >= 4 is 17.2 Å². The van der Waals surface area contributed by atoms with E-state index in [1.807, 2.05) is 17.5 Å². The minimum absolute atomic E-state index is 0.0861. The molecule has 2 N–H and O–H groups in total. The molecule has 0 spiro atoms. The number of hydrogen-bond donors (Lipinski definition) is 2. The number of rotatable bonds is 5. The lowest BCUT2D eigenvalue weighted by Gasteiger charge is -2.15. The number of benzene rings is 1. The summed E-state index contributed by atoms with van der Waals surface area (Å²) in [6.45, 7) is 0.204. The van der Waals surface area contributed by atoms with E-state index >= 15 is 0 Å². The Balaban J connectivity index is 1.61. The van der Waals surface area contributed by atoms with Crippen LogP contribution in [0, 0.1) is 0 Å². The molecular formula is C18H21NO3S. The number of methoxy groups -OCH3 is 1. The molecule has 1 atom stereocenters. The van der Waals surface area contributed by atoms with Gasteiger partial charge < -0.3 is 15.2 Å². The van der Waals surface area contributed by atoms with Gasteiger partial charge in [0, 0.05) is 16.8 Å². The summed E-state index contributed by atoms with van der Waals surface area (Å²) in [6.07, 6.45) is 3.72. The second kappa shape index (κ2) is 7.15. The molecule has 0 saturated heterocycles. The largest absolute Gasteiger partial charge is 0.497 e. The average Bonchev–Trinajstić information content (AvgIpc) is 3.03. The van der Waals surface area contributed by atoms with Gasteiger partial charge in [-0.1, -0.05) is 12.1 Å². The van der Waals surface area contributed by atoms with Crippen molar-refractivity contribution in [1.29, 1.82) is 0 Å². The van der Waals surface area contributed by atoms with E-state index in [2.05, 4.69) is 5.32 Å². The van der Waals surface area contributed by atoms with Crippen LogP contribution in [0.4, 0.5) is 0 Å². The topological polar surface area (TPSA) is 58.6 Å². The van der Waals surface area contributed by atoms with Crippen LogP contribution in [0.1, 0.15) is 45.3 Å². The number of amides is 1. The molecule has 2 aromatic rings. The van der Waals surface area contributed by atoms with Gasteiger partial charge in [-0.3, -0.25) is 4.79 Å². The highest BCUT2D eigenvalue weighted by atomic mass is 32.1. The Morgan fingerprint density at radius 1 is 1.30 bits per heavy atom. The minimum Gasteiger partial charge on any atom is -0.497 e. The van der Waals surface area contributed by atoms with Crippen LogP contribution in [0.25, 0.3) is 0 Å². The van der Waals surface area contributed by atoms with E-state index in [1.54, 1.807) is 30.6 Å². The lowest BCUT2D eigenvalue weighted by Crippen LogP contribution is -2.29. The third-order valence-electron chi connectivity index (χ3n) is 4.26. The Labute approximate surface area is 140 Å². The third kappa shape index (κ3) is 3.57. The van der Waals surface area contributed by atoms with Crippen LogP contribution in [0.15, 0.2) is 29.6 Å². The van der Waals surface area contributed by atoms with Crippen molar-refractivity contribution < 1.29 is 14.6 Å². The second-order valence-corrected chi connectivity index (χ2v) is 6.72. The number of fused-ring (bicyclic) bond motifs is 1. The molecule has 0 aliphatic heterocycles. The van der Waals surface area contributed by atoms with Gasteiger partial charge in [0.1, 0.15) is 5.75 Å². The summed E-state index contributed by atoms with van der Waals surface area (Å²) in [7, 11) is 1.60. The molecule has 122 valence electrons. The maximum atomic E-state index is 12.4. The van der Waals surface area contributed by atoms with Crippen molar-refractivity contribution in [2.24, 2.45) is 0 Å². The Hall–Kier alpha value is -1.85. The molecule has 3 rings (SSSR count). The Bertz CT molecular complexity index is 678. The van der Waals surface area contributed by atoms with Gasteiger partial charge in [0.25, 0.3) is 5.91 Å². The number of carbonyl (C=O) groups excluding carboxylic acids is 1. The standard InChI is InChI=1S/C18H21NO3S/c1-22-13-8-6-12(7-9-13)16(20)10-19-18(21)15-11-23-17-5-3-2-4-14(15)17/h6-9,11,16,20H,2-5,10H2,1H3,(H,19,21). The van der Waals surface area contributed by atoms with E-state index in [-0.39, 0.29) is 12.5 Å². The summed E-state index contributed by atoms with van der Waals surface area (Å²) >= 11 is 1.68. The molecule has 1 unspecified atom stereocenters. The Morgan fingerprint density at radius 2 is 2.04 bits per heavy atom. The van der Waals surface area contributed by atoms with Crippen LogP contribution < -0.4 is 10.1 Å². The first-order chi connectivity index (χ1) is 11.2. The number of aryl methyl sites for hydroxylation is 1. The fourth-order valence-corrected chi connectivity index (χ4v) is 4.04. The molecule has 1 amide bonds. The zero-order valence-electron chi connectivity index (χ0n) is 13.2. The molecule has 23 heavy (non-hydrogen) atoms. The van der Waals surface area contributed by atoms with E-state index in [4.69, 9.17) is 4.74 Å². The molecule has 1 aliphatic rings. The SMILES string of the molecule is COc1ccc(C(O)CNC(=O)c2csc3c2CCCC3)cc1. The van der Waals surface area contributed by atoms with Crippen molar-refractivity contribution in [3.8, 4) is 5.75 Å². The molecule has 0 radical (unpaired) electrons. The van der Waals surface area contributed by atoms with E-state index in [0.29, 0.717) is 0 Å². The number of carbonyl (C=O) groups is 1. The van der Waals surface area contributed by atoms with Gasteiger partial charge in [-0.05, 0) is 48.9 Å². The van der Waals surface area contributed by atoms with Gasteiger partial charge in [0.15, 0.2) is 0 Å². The summed E-state index contributed by atoms with van der Waals surface area (Å²) in [5.41, 5.74) is 2.75. The molecule has 0 bridgehead atoms. The molecule has 4 nitrogen and oxygen atoms in total. The minimum atomic E-state index is -0.723. The first kappa shape index (κ1) is 16.0. The fraction of sp³-hybridized carbons (Fsp3) is 0.389. The third-order valence-corrected chi connectivity index (χ3v) is 5.35. The van der Waals surface area contributed by atoms with Crippen LogP contribution in [-0.4, -0.2) is 24.7 Å². The smallest absolute Gasteiger partial charge is 0.252 e. The zero-order valence-corrected chi connectivity index (χ0v) is 14.0. The monoisotopic (exact) mass is 331 g/mol. The number of ether oxygens (including phenoxy) is 1. The number of nitrogens with one attached hydrogen (secondary N) is 1. The summed E-state index contributed by atoms with van der Waals surface area (Å²) in [4.78, 5) is 13.7. The molecule has 0 fully saturated rings. The normalized spacial score (nSPS) is 14.9. The molecule has 1 aromatic heterocycles. The first-order valence-corrected chi connectivity index (χ1v) is 8.76. The maximum absolute atomic E-state index is 12.4. The molecule has 1 aromatic carbocycles. The first-order valence-electron chi connectivity index (χ1n) is 7.88. The van der Waals surface area contributed by atoms with Crippen LogP contribution in [0.5, 0.6) is 5.75 Å². The van der Waals surface area contributed by atoms with Crippen LogP contribution in [-0.2, 0) is 12.8 Å². The van der Waals surface area contributed by atoms with Gasteiger partial charge in [0.05, 0.1) is 18.8 Å². The van der Waals surface area contributed by atoms with Crippen LogP contribution in [0.3, 0.4) is 0 Å². The number of hydrogen-bond acceptors (Lipinski definition) is 4. The van der Waals surface area contributed by atoms with Crippen molar-refractivity contribution in [2.45, 2.75) is 31.8 Å². The number of aliphatic hydroxyl groups excluding tert-OH is 1. The summed E-state index contributed by atoms with van der Waals surface area (Å²) < 4.78 is 5.10. The average molecular weight is 331 g/mol. The maximum Gasteiger partial charge on any atom is 0.252 e. The molecule has 0 saturated carbocycles. The van der Waals surface area contributed by atoms with Crippen molar-refractivity contribution in [1.82, 2.24) is 5.32 Å². The van der Waals surface area contributed by atoms with Crippen molar-refractivity contribution in [3.05, 3.63) is 51.2 Å². The van der Waals surface area contributed by atoms with E-state index in [0.717, 1.165) is 36.1 Å². The Kier molecular flexibility index (Phi) is 4.98. The van der Waals surface area contributed by atoms with Gasteiger partial charge in [-0.2, -0.15) is 0 Å². The van der Waals surface area contributed by atoms with Gasteiger partial charge >= 0.3 is 0 Å².